The zero-order chi connectivity index (χ0) is 13.7. The molecular formula is C15H16F2O2. The predicted octanol–water partition coefficient (Wildman–Crippen LogP) is 3.61. The summed E-state index contributed by atoms with van der Waals surface area (Å²) in [5, 5.41) is 9.45. The highest BCUT2D eigenvalue weighted by atomic mass is 19.3. The molecule has 1 N–H and O–H groups in total. The summed E-state index contributed by atoms with van der Waals surface area (Å²) in [6.45, 7) is 0. The number of halogens is 2. The van der Waals surface area contributed by atoms with Crippen molar-refractivity contribution in [3.8, 4) is 0 Å². The van der Waals surface area contributed by atoms with Crippen LogP contribution >= 0.6 is 0 Å². The molecule has 2 aliphatic carbocycles. The van der Waals surface area contributed by atoms with Crippen LogP contribution in [0.4, 0.5) is 8.78 Å². The van der Waals surface area contributed by atoms with E-state index in [1.54, 1.807) is 24.3 Å². The maximum absolute atomic E-state index is 13.9. The highest BCUT2D eigenvalue weighted by molar-refractivity contribution is 5.83. The van der Waals surface area contributed by atoms with Gasteiger partial charge in [0, 0.05) is 11.8 Å². The molecule has 4 heteroatoms. The van der Waals surface area contributed by atoms with Crippen molar-refractivity contribution in [2.75, 3.05) is 0 Å². The number of carboxylic acid groups (broad SMARTS) is 1. The molecule has 1 aromatic rings. The third-order valence-electron chi connectivity index (χ3n) is 4.95. The minimum absolute atomic E-state index is 0.524. The van der Waals surface area contributed by atoms with Gasteiger partial charge in [0.1, 0.15) is 5.41 Å². The van der Waals surface area contributed by atoms with Crippen LogP contribution in [0.1, 0.15) is 37.7 Å². The van der Waals surface area contributed by atoms with E-state index in [0.717, 1.165) is 18.4 Å². The quantitative estimate of drug-likeness (QED) is 0.907. The number of hydrogen-bond donors (Lipinski definition) is 1. The predicted molar refractivity (Wildman–Crippen MR) is 66.2 cm³/mol. The molecule has 1 aromatic carbocycles. The molecular weight excluding hydrogens is 250 g/mol. The first-order valence-corrected chi connectivity index (χ1v) is 6.63. The van der Waals surface area contributed by atoms with Crippen molar-refractivity contribution < 1.29 is 18.7 Å². The lowest BCUT2D eigenvalue weighted by atomic mass is 9.66. The molecule has 0 saturated heterocycles. The van der Waals surface area contributed by atoms with Gasteiger partial charge in [-0.3, -0.25) is 4.79 Å². The smallest absolute Gasteiger partial charge is 0.316 e. The van der Waals surface area contributed by atoms with Crippen LogP contribution < -0.4 is 0 Å². The molecule has 2 nitrogen and oxygen atoms in total. The van der Waals surface area contributed by atoms with E-state index < -0.39 is 29.1 Å². The minimum Gasteiger partial charge on any atom is -0.481 e. The second kappa shape index (κ2) is 3.78. The van der Waals surface area contributed by atoms with E-state index in [1.165, 1.54) is 0 Å². The average Bonchev–Trinajstić information content (AvgIpc) is 2.78. The first kappa shape index (κ1) is 12.6. The fourth-order valence-corrected chi connectivity index (χ4v) is 3.94. The summed E-state index contributed by atoms with van der Waals surface area (Å²) in [5.41, 5.74) is -2.03. The van der Waals surface area contributed by atoms with Crippen LogP contribution in [-0.2, 0) is 10.2 Å². The fourth-order valence-electron chi connectivity index (χ4n) is 3.94. The van der Waals surface area contributed by atoms with E-state index in [4.69, 9.17) is 0 Å². The van der Waals surface area contributed by atoms with Gasteiger partial charge in [-0.15, -0.1) is 0 Å². The molecule has 102 valence electrons. The Hall–Kier alpha value is -1.45. The number of carbonyl (C=O) groups is 1. The van der Waals surface area contributed by atoms with E-state index in [1.807, 2.05) is 6.07 Å². The van der Waals surface area contributed by atoms with E-state index >= 15 is 0 Å². The molecule has 0 amide bonds. The van der Waals surface area contributed by atoms with E-state index in [0.29, 0.717) is 12.8 Å². The van der Waals surface area contributed by atoms with Crippen molar-refractivity contribution in [3.05, 3.63) is 35.9 Å². The van der Waals surface area contributed by atoms with Crippen molar-refractivity contribution >= 4 is 5.97 Å². The monoisotopic (exact) mass is 266 g/mol. The molecule has 1 atom stereocenters. The second-order valence-corrected chi connectivity index (χ2v) is 5.75. The summed E-state index contributed by atoms with van der Waals surface area (Å²) >= 11 is 0. The van der Waals surface area contributed by atoms with Crippen LogP contribution in [0, 0.1) is 5.41 Å². The molecule has 19 heavy (non-hydrogen) atoms. The van der Waals surface area contributed by atoms with E-state index in [-0.39, 0.29) is 0 Å². The number of benzene rings is 1. The Labute approximate surface area is 110 Å². The topological polar surface area (TPSA) is 37.3 Å². The first-order valence-electron chi connectivity index (χ1n) is 6.63. The van der Waals surface area contributed by atoms with Crippen LogP contribution in [0.25, 0.3) is 0 Å². The SMILES string of the molecule is O=C(O)C1(C2(c3ccccc3)CCCC2)CC1(F)F. The van der Waals surface area contributed by atoms with Crippen LogP contribution in [-0.4, -0.2) is 17.0 Å². The lowest BCUT2D eigenvalue weighted by Crippen LogP contribution is -2.43. The molecule has 2 aliphatic rings. The van der Waals surface area contributed by atoms with Gasteiger partial charge in [0.05, 0.1) is 0 Å². The Morgan fingerprint density at radius 2 is 1.63 bits per heavy atom. The Morgan fingerprint density at radius 3 is 2.05 bits per heavy atom. The molecule has 0 bridgehead atoms. The van der Waals surface area contributed by atoms with E-state index in [2.05, 4.69) is 0 Å². The number of carboxylic acids is 1. The van der Waals surface area contributed by atoms with Crippen molar-refractivity contribution in [2.45, 2.75) is 43.4 Å². The van der Waals surface area contributed by atoms with Gasteiger partial charge in [0.2, 0.25) is 0 Å². The summed E-state index contributed by atoms with van der Waals surface area (Å²) in [4.78, 5) is 11.6. The van der Waals surface area contributed by atoms with Gasteiger partial charge in [-0.2, -0.15) is 0 Å². The first-order chi connectivity index (χ1) is 8.96. The van der Waals surface area contributed by atoms with Crippen LogP contribution in [0.3, 0.4) is 0 Å². The summed E-state index contributed by atoms with van der Waals surface area (Å²) in [7, 11) is 0. The van der Waals surface area contributed by atoms with Gasteiger partial charge in [-0.05, 0) is 18.4 Å². The molecule has 2 saturated carbocycles. The van der Waals surface area contributed by atoms with Gasteiger partial charge in [0.25, 0.3) is 5.92 Å². The van der Waals surface area contributed by atoms with Crippen molar-refractivity contribution in [2.24, 2.45) is 5.41 Å². The number of rotatable bonds is 3. The molecule has 0 aromatic heterocycles. The van der Waals surface area contributed by atoms with Crippen molar-refractivity contribution in [1.82, 2.24) is 0 Å². The zero-order valence-electron chi connectivity index (χ0n) is 10.5. The average molecular weight is 266 g/mol. The van der Waals surface area contributed by atoms with Crippen LogP contribution in [0.2, 0.25) is 0 Å². The summed E-state index contributed by atoms with van der Waals surface area (Å²) in [6.07, 6.45) is 2.20. The van der Waals surface area contributed by atoms with Gasteiger partial charge in [-0.25, -0.2) is 8.78 Å². The number of aliphatic carboxylic acids is 1. The Kier molecular flexibility index (Phi) is 2.50. The zero-order valence-corrected chi connectivity index (χ0v) is 10.5. The summed E-state index contributed by atoms with van der Waals surface area (Å²) in [6, 6.07) is 9.01. The molecule has 0 spiro atoms. The van der Waals surface area contributed by atoms with Gasteiger partial charge in [0.15, 0.2) is 0 Å². The van der Waals surface area contributed by atoms with E-state index in [9.17, 15) is 18.7 Å². The molecule has 0 aliphatic heterocycles. The molecule has 0 radical (unpaired) electrons. The lowest BCUT2D eigenvalue weighted by molar-refractivity contribution is -0.152. The third kappa shape index (κ3) is 1.43. The van der Waals surface area contributed by atoms with Crippen molar-refractivity contribution in [1.29, 1.82) is 0 Å². The largest absolute Gasteiger partial charge is 0.481 e. The molecule has 0 heterocycles. The van der Waals surface area contributed by atoms with Gasteiger partial charge in [-0.1, -0.05) is 43.2 Å². The summed E-state index contributed by atoms with van der Waals surface area (Å²) in [5.74, 6) is -4.43. The van der Waals surface area contributed by atoms with Gasteiger partial charge >= 0.3 is 5.97 Å². The highest BCUT2D eigenvalue weighted by Gasteiger charge is 2.84. The molecule has 3 rings (SSSR count). The Balaban J connectivity index is 2.15. The fraction of sp³-hybridized carbons (Fsp3) is 0.533. The Bertz CT molecular complexity index is 506. The molecule has 1 unspecified atom stereocenters. The van der Waals surface area contributed by atoms with Crippen LogP contribution in [0.5, 0.6) is 0 Å². The number of hydrogen-bond acceptors (Lipinski definition) is 1. The Morgan fingerprint density at radius 1 is 1.11 bits per heavy atom. The lowest BCUT2D eigenvalue weighted by Gasteiger charge is -2.36. The third-order valence-corrected chi connectivity index (χ3v) is 4.95. The van der Waals surface area contributed by atoms with Crippen molar-refractivity contribution in [3.63, 3.8) is 0 Å². The molecule has 2 fully saturated rings. The normalized spacial score (nSPS) is 31.1. The van der Waals surface area contributed by atoms with Gasteiger partial charge < -0.3 is 5.11 Å². The standard InChI is InChI=1S/C15H16F2O2/c16-15(17)10-14(15,12(18)19)13(8-4-5-9-13)11-6-2-1-3-7-11/h1-3,6-7H,4-5,8-10H2,(H,18,19). The maximum Gasteiger partial charge on any atom is 0.316 e. The van der Waals surface area contributed by atoms with Crippen LogP contribution in [0.15, 0.2) is 30.3 Å². The number of alkyl halides is 2. The minimum atomic E-state index is -3.08. The second-order valence-electron chi connectivity index (χ2n) is 5.75. The summed E-state index contributed by atoms with van der Waals surface area (Å²) < 4.78 is 27.8. The highest BCUT2D eigenvalue weighted by Crippen LogP contribution is 2.73. The maximum atomic E-state index is 13.9.